The summed E-state index contributed by atoms with van der Waals surface area (Å²) in [7, 11) is 5.95. The lowest BCUT2D eigenvalue weighted by Gasteiger charge is -2.25. The zero-order valence-electron chi connectivity index (χ0n) is 58.7. The molecule has 0 aliphatic carbocycles. The number of carbonyl (C=O) groups excluding carboxylic acids is 2. The van der Waals surface area contributed by atoms with E-state index in [0.717, 1.165) is 122 Å². The summed E-state index contributed by atoms with van der Waals surface area (Å²) in [5.74, 6) is -2.06. The van der Waals surface area contributed by atoms with Gasteiger partial charge in [-0.3, -0.25) is 9.59 Å². The molecule has 0 aromatic carbocycles. The first-order valence-corrected chi connectivity index (χ1v) is 36.3. The highest BCUT2D eigenvalue weighted by Gasteiger charge is 2.25. The molecule has 514 valence electrons. The summed E-state index contributed by atoms with van der Waals surface area (Å²) in [6.45, 7) is 4.71. The molecule has 0 aromatic rings. The molecule has 9 heteroatoms. The maximum atomic E-state index is 12.9. The lowest BCUT2D eigenvalue weighted by molar-refractivity contribution is -0.870. The molecule has 0 amide bonds. The fourth-order valence-corrected chi connectivity index (χ4v) is 9.44. The van der Waals surface area contributed by atoms with E-state index in [1.54, 1.807) is 0 Å². The average molecular weight is 1260 g/mol. The standard InChI is InChI=1S/C82H133NO8/c1-6-8-10-12-14-16-18-20-22-24-26-28-30-32-34-36-37-38-39-40-41-42-43-45-47-49-51-53-55-57-59-61-63-65-67-69-71-73-80(85)91-78(77-90-82(81(86)87)88-75-74-83(3,4)5)76-89-79(84)72-70-68-66-64-62-60-58-56-54-52-50-48-46-44-35-33-31-29-27-25-23-21-19-17-15-13-11-9-7-2/h8,10,14,16,19-22,25-28,31-34,37-38,40-41,43,45,49,51,55,57,61,63,78,82H,6-7,9,11-13,15,17-18,23-24,29-30,35-36,39,42,44,46-48,50,52-54,56,58-60,62,64-77H2,1-5H3/p+1/b10-8-,16-14-,21-19-,22-20-,27-25-,28-26-,33-31-,34-32-,38-37-,41-40-,45-43-,51-49-,57-55-,63-61-. The fraction of sp³-hybridized carbons (Fsp3) is 0.622. The van der Waals surface area contributed by atoms with Crippen LogP contribution in [0.2, 0.25) is 0 Å². The van der Waals surface area contributed by atoms with Gasteiger partial charge in [0.2, 0.25) is 0 Å². The van der Waals surface area contributed by atoms with Crippen LogP contribution in [-0.4, -0.2) is 87.4 Å². The molecule has 2 unspecified atom stereocenters. The molecular weight excluding hydrogens is 1130 g/mol. The number of aliphatic carboxylic acids is 1. The third-order valence-electron chi connectivity index (χ3n) is 15.0. The van der Waals surface area contributed by atoms with Gasteiger partial charge in [-0.2, -0.15) is 0 Å². The molecule has 1 N–H and O–H groups in total. The summed E-state index contributed by atoms with van der Waals surface area (Å²) < 4.78 is 22.9. The van der Waals surface area contributed by atoms with E-state index in [2.05, 4.69) is 184 Å². The number of esters is 2. The first kappa shape index (κ1) is 85.7. The molecule has 9 nitrogen and oxygen atoms in total. The Hall–Kier alpha value is -5.35. The van der Waals surface area contributed by atoms with Gasteiger partial charge in [-0.1, -0.05) is 293 Å². The molecule has 0 aromatic heterocycles. The van der Waals surface area contributed by atoms with E-state index in [1.165, 1.54) is 116 Å². The monoisotopic (exact) mass is 1260 g/mol. The molecule has 0 heterocycles. The van der Waals surface area contributed by atoms with Crippen molar-refractivity contribution in [3.8, 4) is 0 Å². The summed E-state index contributed by atoms with van der Waals surface area (Å²) in [5.41, 5.74) is 0. The summed E-state index contributed by atoms with van der Waals surface area (Å²) >= 11 is 0. The zero-order chi connectivity index (χ0) is 66.1. The lowest BCUT2D eigenvalue weighted by Crippen LogP contribution is -2.40. The van der Waals surface area contributed by atoms with Crippen molar-refractivity contribution < 1.29 is 42.9 Å². The Bertz CT molecular complexity index is 2100. The Morgan fingerprint density at radius 2 is 0.626 bits per heavy atom. The molecule has 0 aliphatic heterocycles. The number of quaternary nitrogens is 1. The van der Waals surface area contributed by atoms with Crippen LogP contribution >= 0.6 is 0 Å². The Balaban J connectivity index is 4.24. The minimum atomic E-state index is -1.53. The van der Waals surface area contributed by atoms with E-state index in [-0.39, 0.29) is 38.6 Å². The number of ether oxygens (including phenoxy) is 4. The van der Waals surface area contributed by atoms with Crippen molar-refractivity contribution in [2.45, 2.75) is 283 Å². The molecule has 2 atom stereocenters. The van der Waals surface area contributed by atoms with Crippen molar-refractivity contribution in [1.82, 2.24) is 0 Å². The minimum Gasteiger partial charge on any atom is -0.477 e. The Labute approximate surface area is 558 Å². The van der Waals surface area contributed by atoms with Crippen molar-refractivity contribution in [2.75, 3.05) is 47.5 Å². The second-order valence-electron chi connectivity index (χ2n) is 24.8. The fourth-order valence-electron chi connectivity index (χ4n) is 9.44. The lowest BCUT2D eigenvalue weighted by atomic mass is 10.0. The normalized spacial score (nSPS) is 13.7. The highest BCUT2D eigenvalue weighted by Crippen LogP contribution is 2.16. The molecule has 0 radical (unpaired) electrons. The number of unbranched alkanes of at least 4 members (excludes halogenated alkanes) is 22. The van der Waals surface area contributed by atoms with Crippen molar-refractivity contribution in [3.05, 3.63) is 170 Å². The number of hydrogen-bond acceptors (Lipinski definition) is 7. The third-order valence-corrected chi connectivity index (χ3v) is 15.0. The third kappa shape index (κ3) is 71.9. The number of allylic oxidation sites excluding steroid dienone is 28. The van der Waals surface area contributed by atoms with Crippen LogP contribution < -0.4 is 0 Å². The van der Waals surface area contributed by atoms with Crippen LogP contribution in [0, 0.1) is 0 Å². The SMILES string of the molecule is CC/C=C\C/C=C\C/C=C\C/C=C\C/C=C\C/C=C\C/C=C\C/C=C\C/C=C\C/C=C\C/C=C\CCCCCC(=O)OC(COC(=O)CCCCCCCCCCCCCCCC/C=C\C/C=C\C/C=C\CCCCCCC)COC(OCC[N+](C)(C)C)C(=O)O. The number of carboxylic acid groups (broad SMARTS) is 1. The van der Waals surface area contributed by atoms with E-state index in [0.29, 0.717) is 17.4 Å². The average Bonchev–Trinajstić information content (AvgIpc) is 3.50. The van der Waals surface area contributed by atoms with Crippen LogP contribution in [0.25, 0.3) is 0 Å². The largest absolute Gasteiger partial charge is 0.477 e. The predicted molar refractivity (Wildman–Crippen MR) is 391 cm³/mol. The number of rotatable bonds is 65. The van der Waals surface area contributed by atoms with Gasteiger partial charge >= 0.3 is 17.9 Å². The molecule has 0 aliphatic rings. The van der Waals surface area contributed by atoms with Gasteiger partial charge < -0.3 is 28.5 Å². The maximum Gasteiger partial charge on any atom is 0.361 e. The number of likely N-dealkylation sites (N-methyl/N-ethyl adjacent to an activating group) is 1. The van der Waals surface area contributed by atoms with Crippen molar-refractivity contribution >= 4 is 17.9 Å². The van der Waals surface area contributed by atoms with Gasteiger partial charge in [0.1, 0.15) is 13.2 Å². The van der Waals surface area contributed by atoms with E-state index in [9.17, 15) is 19.5 Å². The minimum absolute atomic E-state index is 0.172. The smallest absolute Gasteiger partial charge is 0.361 e. The highest BCUT2D eigenvalue weighted by molar-refractivity contribution is 5.71. The quantitative estimate of drug-likeness (QED) is 0.0211. The molecule has 91 heavy (non-hydrogen) atoms. The van der Waals surface area contributed by atoms with Crippen LogP contribution in [0.5, 0.6) is 0 Å². The summed E-state index contributed by atoms with van der Waals surface area (Å²) in [5, 5.41) is 9.75. The first-order valence-electron chi connectivity index (χ1n) is 36.3. The second-order valence-corrected chi connectivity index (χ2v) is 24.8. The van der Waals surface area contributed by atoms with Crippen LogP contribution in [0.3, 0.4) is 0 Å². The van der Waals surface area contributed by atoms with Crippen molar-refractivity contribution in [1.29, 1.82) is 0 Å². The van der Waals surface area contributed by atoms with Gasteiger partial charge in [0.25, 0.3) is 6.29 Å². The van der Waals surface area contributed by atoms with Crippen LogP contribution in [0.4, 0.5) is 0 Å². The maximum absolute atomic E-state index is 12.9. The predicted octanol–water partition coefficient (Wildman–Crippen LogP) is 23.0. The molecule has 0 spiro atoms. The second kappa shape index (κ2) is 70.5. The topological polar surface area (TPSA) is 108 Å². The van der Waals surface area contributed by atoms with Gasteiger partial charge in [0, 0.05) is 12.8 Å². The van der Waals surface area contributed by atoms with Gasteiger partial charge in [0.05, 0.1) is 34.4 Å². The molecule has 0 rings (SSSR count). The molecule has 0 fully saturated rings. The number of carbonyl (C=O) groups is 3. The number of nitrogens with zero attached hydrogens (tertiary/aromatic N) is 1. The Kier molecular flexibility index (Phi) is 66.4. The summed E-state index contributed by atoms with van der Waals surface area (Å²) in [6, 6.07) is 0. The van der Waals surface area contributed by atoms with E-state index < -0.39 is 24.3 Å². The van der Waals surface area contributed by atoms with E-state index in [1.807, 2.05) is 21.1 Å². The van der Waals surface area contributed by atoms with Gasteiger partial charge in [0.15, 0.2) is 6.10 Å². The van der Waals surface area contributed by atoms with Crippen LogP contribution in [-0.2, 0) is 33.3 Å². The first-order chi connectivity index (χ1) is 44.6. The van der Waals surface area contributed by atoms with E-state index >= 15 is 0 Å². The molecule has 0 bridgehead atoms. The summed E-state index contributed by atoms with van der Waals surface area (Å²) in [6.07, 6.45) is 103. The van der Waals surface area contributed by atoms with Gasteiger partial charge in [-0.15, -0.1) is 0 Å². The van der Waals surface area contributed by atoms with Gasteiger partial charge in [-0.25, -0.2) is 4.79 Å². The van der Waals surface area contributed by atoms with Gasteiger partial charge in [-0.05, 0) is 135 Å². The Morgan fingerprint density at radius 1 is 0.341 bits per heavy atom. The number of hydrogen-bond donors (Lipinski definition) is 1. The van der Waals surface area contributed by atoms with Crippen molar-refractivity contribution in [3.63, 3.8) is 0 Å². The highest BCUT2D eigenvalue weighted by atomic mass is 16.7. The molecule has 0 saturated carbocycles. The molecule has 0 saturated heterocycles. The van der Waals surface area contributed by atoms with Crippen LogP contribution in [0.1, 0.15) is 271 Å². The zero-order valence-corrected chi connectivity index (χ0v) is 58.7. The van der Waals surface area contributed by atoms with Crippen molar-refractivity contribution in [2.24, 2.45) is 0 Å². The van der Waals surface area contributed by atoms with Crippen LogP contribution in [0.15, 0.2) is 170 Å². The molecular formula is C82H134NO8+. The van der Waals surface area contributed by atoms with E-state index in [4.69, 9.17) is 18.9 Å². The number of carboxylic acids is 1. The Morgan fingerprint density at radius 3 is 0.945 bits per heavy atom. The summed E-state index contributed by atoms with van der Waals surface area (Å²) in [4.78, 5) is 37.6.